The third-order valence-electron chi connectivity index (χ3n) is 5.56. The first kappa shape index (κ1) is 26.3. The van der Waals surface area contributed by atoms with E-state index in [1.54, 1.807) is 30.5 Å². The predicted molar refractivity (Wildman–Crippen MR) is 128 cm³/mol. The topological polar surface area (TPSA) is 99.5 Å². The summed E-state index contributed by atoms with van der Waals surface area (Å²) in [5.74, 6) is -4.49. The van der Waals surface area contributed by atoms with Crippen LogP contribution >= 0.6 is 11.6 Å². The van der Waals surface area contributed by atoms with Crippen LogP contribution in [0.4, 0.5) is 8.78 Å². The maximum absolute atomic E-state index is 14.6. The first-order valence-electron chi connectivity index (χ1n) is 10.5. The Kier molecular flexibility index (Phi) is 7.71. The first-order chi connectivity index (χ1) is 17.0. The van der Waals surface area contributed by atoms with Gasteiger partial charge in [0.15, 0.2) is 6.19 Å². The molecule has 36 heavy (non-hydrogen) atoms. The summed E-state index contributed by atoms with van der Waals surface area (Å²) in [6, 6.07) is 13.7. The summed E-state index contributed by atoms with van der Waals surface area (Å²) < 4.78 is 33.9. The number of methoxy groups -OCH3 is 1. The number of halogens is 3. The highest BCUT2D eigenvalue weighted by molar-refractivity contribution is 6.33. The van der Waals surface area contributed by atoms with Crippen LogP contribution in [-0.2, 0) is 15.1 Å². The van der Waals surface area contributed by atoms with Crippen LogP contribution in [-0.4, -0.2) is 36.8 Å². The minimum Gasteiger partial charge on any atom is -0.465 e. The normalized spacial score (nSPS) is 12.1. The van der Waals surface area contributed by atoms with Gasteiger partial charge in [-0.25, -0.2) is 18.5 Å². The molecule has 3 aromatic rings. The van der Waals surface area contributed by atoms with Crippen molar-refractivity contribution in [2.24, 2.45) is 0 Å². The zero-order valence-electron chi connectivity index (χ0n) is 19.4. The molecule has 0 aromatic heterocycles. The lowest BCUT2D eigenvalue weighted by molar-refractivity contribution is -0.133. The SMILES string of the molecule is COC(=O)c1ccc(-c2ccc(C(=O)N[C@](C)(C(=O)N(C)C#N)c3c(F)cccc3F)cc2)c(Cl)c1. The minimum absolute atomic E-state index is 0.0800. The molecule has 10 heteroatoms. The third-order valence-corrected chi connectivity index (χ3v) is 5.87. The molecule has 184 valence electrons. The molecule has 0 fully saturated rings. The summed E-state index contributed by atoms with van der Waals surface area (Å²) in [7, 11) is 2.38. The smallest absolute Gasteiger partial charge is 0.337 e. The number of carbonyl (C=O) groups excluding carboxylic acids is 3. The van der Waals surface area contributed by atoms with Crippen LogP contribution in [0.5, 0.6) is 0 Å². The number of nitrogens with zero attached hydrogens (tertiary/aromatic N) is 2. The zero-order chi connectivity index (χ0) is 26.6. The van der Waals surface area contributed by atoms with Crippen LogP contribution in [0.1, 0.15) is 33.2 Å². The molecular weight excluding hydrogens is 492 g/mol. The van der Waals surface area contributed by atoms with E-state index in [1.807, 2.05) is 0 Å². The molecule has 0 unspecified atom stereocenters. The summed E-state index contributed by atoms with van der Waals surface area (Å²) in [6.07, 6.45) is 1.58. The lowest BCUT2D eigenvalue weighted by Gasteiger charge is -2.32. The Morgan fingerprint density at radius 1 is 1.03 bits per heavy atom. The van der Waals surface area contributed by atoms with Gasteiger partial charge in [-0.05, 0) is 48.9 Å². The second kappa shape index (κ2) is 10.5. The van der Waals surface area contributed by atoms with Gasteiger partial charge in [0.05, 0.1) is 18.2 Å². The number of esters is 1. The average Bonchev–Trinajstić information content (AvgIpc) is 2.87. The largest absolute Gasteiger partial charge is 0.465 e. The van der Waals surface area contributed by atoms with Gasteiger partial charge in [-0.3, -0.25) is 9.59 Å². The van der Waals surface area contributed by atoms with Crippen molar-refractivity contribution in [2.45, 2.75) is 12.5 Å². The van der Waals surface area contributed by atoms with Crippen LogP contribution in [0.25, 0.3) is 11.1 Å². The van der Waals surface area contributed by atoms with E-state index in [0.29, 0.717) is 16.0 Å². The fourth-order valence-corrected chi connectivity index (χ4v) is 3.96. The maximum Gasteiger partial charge on any atom is 0.337 e. The molecule has 0 radical (unpaired) electrons. The molecular formula is C26H20ClF2N3O4. The van der Waals surface area contributed by atoms with E-state index in [9.17, 15) is 23.2 Å². The second-order valence-corrected chi connectivity index (χ2v) is 8.31. The van der Waals surface area contributed by atoms with Gasteiger partial charge in [0.25, 0.3) is 11.8 Å². The van der Waals surface area contributed by atoms with Gasteiger partial charge in [0, 0.05) is 23.2 Å². The lowest BCUT2D eigenvalue weighted by atomic mass is 9.88. The monoisotopic (exact) mass is 511 g/mol. The van der Waals surface area contributed by atoms with Crippen LogP contribution < -0.4 is 5.32 Å². The summed E-state index contributed by atoms with van der Waals surface area (Å²) in [4.78, 5) is 38.3. The molecule has 0 spiro atoms. The highest BCUT2D eigenvalue weighted by atomic mass is 35.5. The third kappa shape index (κ3) is 5.04. The van der Waals surface area contributed by atoms with Gasteiger partial charge in [0.1, 0.15) is 17.2 Å². The van der Waals surface area contributed by atoms with Gasteiger partial charge in [0.2, 0.25) is 0 Å². The van der Waals surface area contributed by atoms with Crippen molar-refractivity contribution in [3.8, 4) is 17.3 Å². The second-order valence-electron chi connectivity index (χ2n) is 7.90. The van der Waals surface area contributed by atoms with Crippen molar-refractivity contribution < 1.29 is 27.9 Å². The fourth-order valence-electron chi connectivity index (χ4n) is 3.67. The molecule has 0 aliphatic rings. The van der Waals surface area contributed by atoms with Crippen LogP contribution in [0.15, 0.2) is 60.7 Å². The van der Waals surface area contributed by atoms with E-state index < -0.39 is 40.5 Å². The zero-order valence-corrected chi connectivity index (χ0v) is 20.2. The Morgan fingerprint density at radius 3 is 2.14 bits per heavy atom. The number of likely N-dealkylation sites (N-methyl/N-ethyl adjacent to an activating group) is 1. The van der Waals surface area contributed by atoms with E-state index in [0.717, 1.165) is 32.2 Å². The van der Waals surface area contributed by atoms with E-state index in [-0.39, 0.29) is 16.1 Å². The van der Waals surface area contributed by atoms with Gasteiger partial charge in [-0.1, -0.05) is 35.9 Å². The summed E-state index contributed by atoms with van der Waals surface area (Å²) in [5.41, 5.74) is -1.36. The van der Waals surface area contributed by atoms with Crippen molar-refractivity contribution in [3.63, 3.8) is 0 Å². The molecule has 3 rings (SSSR count). The van der Waals surface area contributed by atoms with Crippen LogP contribution in [0.3, 0.4) is 0 Å². The van der Waals surface area contributed by atoms with Gasteiger partial charge in [-0.2, -0.15) is 5.26 Å². The molecule has 3 aromatic carbocycles. The van der Waals surface area contributed by atoms with Crippen molar-refractivity contribution >= 4 is 29.4 Å². The maximum atomic E-state index is 14.6. The Morgan fingerprint density at radius 2 is 1.61 bits per heavy atom. The summed E-state index contributed by atoms with van der Waals surface area (Å²) in [6.45, 7) is 1.12. The number of ether oxygens (including phenoxy) is 1. The van der Waals surface area contributed by atoms with Gasteiger partial charge < -0.3 is 10.1 Å². The number of carbonyl (C=O) groups is 3. The van der Waals surface area contributed by atoms with Gasteiger partial charge >= 0.3 is 5.97 Å². The molecule has 0 saturated carbocycles. The standard InChI is InChI=1S/C26H20ClF2N3O4/c1-26(25(35)32(2)14-30,22-20(28)5-4-6-21(22)29)31-23(33)16-9-7-15(8-10-16)18-12-11-17(13-19(18)27)24(34)36-3/h4-13H,1-3H3,(H,31,33)/t26-/m0/s1. The molecule has 0 bridgehead atoms. The lowest BCUT2D eigenvalue weighted by Crippen LogP contribution is -2.54. The Hall–Kier alpha value is -4.29. The Labute approximate surface area is 210 Å². The summed E-state index contributed by atoms with van der Waals surface area (Å²) >= 11 is 6.30. The number of amides is 2. The number of nitrogens with one attached hydrogen (secondary N) is 1. The Bertz CT molecular complexity index is 1370. The molecule has 0 saturated heterocycles. The molecule has 0 aliphatic heterocycles. The van der Waals surface area contributed by atoms with Crippen molar-refractivity contribution in [3.05, 3.63) is 94.0 Å². The molecule has 1 N–H and O–H groups in total. The van der Waals surface area contributed by atoms with Crippen molar-refractivity contribution in [2.75, 3.05) is 14.2 Å². The fraction of sp³-hybridized carbons (Fsp3) is 0.154. The number of benzene rings is 3. The molecule has 0 heterocycles. The van der Waals surface area contributed by atoms with Gasteiger partial charge in [-0.15, -0.1) is 0 Å². The number of rotatable bonds is 6. The molecule has 0 aliphatic carbocycles. The van der Waals surface area contributed by atoms with Crippen molar-refractivity contribution in [1.29, 1.82) is 5.26 Å². The number of hydrogen-bond donors (Lipinski definition) is 1. The van der Waals surface area contributed by atoms with Crippen LogP contribution in [0, 0.1) is 23.1 Å². The van der Waals surface area contributed by atoms with E-state index >= 15 is 0 Å². The predicted octanol–water partition coefficient (Wildman–Crippen LogP) is 4.66. The summed E-state index contributed by atoms with van der Waals surface area (Å²) in [5, 5.41) is 11.8. The molecule has 1 atom stereocenters. The Balaban J connectivity index is 1.95. The first-order valence-corrected chi connectivity index (χ1v) is 10.8. The van der Waals surface area contributed by atoms with E-state index in [1.165, 1.54) is 25.3 Å². The average molecular weight is 512 g/mol. The molecule has 2 amide bonds. The minimum atomic E-state index is -2.22. The van der Waals surface area contributed by atoms with Crippen LogP contribution in [0.2, 0.25) is 5.02 Å². The number of hydrogen-bond acceptors (Lipinski definition) is 5. The number of nitriles is 1. The highest BCUT2D eigenvalue weighted by Gasteiger charge is 2.43. The van der Waals surface area contributed by atoms with E-state index in [4.69, 9.17) is 16.9 Å². The molecule has 7 nitrogen and oxygen atoms in total. The quantitative estimate of drug-likeness (QED) is 0.295. The van der Waals surface area contributed by atoms with E-state index in [2.05, 4.69) is 10.1 Å². The van der Waals surface area contributed by atoms with Crippen molar-refractivity contribution in [1.82, 2.24) is 10.2 Å². The highest BCUT2D eigenvalue weighted by Crippen LogP contribution is 2.31.